The number of anilines is 3. The predicted octanol–water partition coefficient (Wildman–Crippen LogP) is 3.50. The third kappa shape index (κ3) is 3.61. The van der Waals surface area contributed by atoms with Gasteiger partial charge in [-0.2, -0.15) is 0 Å². The van der Waals surface area contributed by atoms with Crippen LogP contribution in [-0.2, 0) is 0 Å². The van der Waals surface area contributed by atoms with E-state index in [9.17, 15) is 0 Å². The zero-order chi connectivity index (χ0) is 18.5. The highest BCUT2D eigenvalue weighted by Crippen LogP contribution is 2.40. The number of nitrogen functional groups attached to an aromatic ring is 1. The molecule has 0 bridgehead atoms. The summed E-state index contributed by atoms with van der Waals surface area (Å²) >= 11 is 0. The van der Waals surface area contributed by atoms with Gasteiger partial charge in [0, 0.05) is 23.1 Å². The van der Waals surface area contributed by atoms with Gasteiger partial charge in [-0.1, -0.05) is 0 Å². The third-order valence-electron chi connectivity index (χ3n) is 3.78. The first-order valence-electron chi connectivity index (χ1n) is 7.90. The summed E-state index contributed by atoms with van der Waals surface area (Å²) in [5.74, 6) is 2.14. The minimum Gasteiger partial charge on any atom is -0.493 e. The van der Waals surface area contributed by atoms with Gasteiger partial charge in [-0.25, -0.2) is 9.97 Å². The summed E-state index contributed by atoms with van der Waals surface area (Å²) in [7, 11) is 4.73. The zero-order valence-corrected chi connectivity index (χ0v) is 14.8. The van der Waals surface area contributed by atoms with Crippen LogP contribution in [0, 0.1) is 0 Å². The van der Waals surface area contributed by atoms with Crippen molar-refractivity contribution in [3.05, 3.63) is 48.7 Å². The van der Waals surface area contributed by atoms with Crippen LogP contribution in [0.25, 0.3) is 11.3 Å². The molecule has 3 rings (SSSR count). The van der Waals surface area contributed by atoms with Gasteiger partial charge in [0.25, 0.3) is 0 Å². The molecule has 7 nitrogen and oxygen atoms in total. The van der Waals surface area contributed by atoms with Gasteiger partial charge in [0.05, 0.1) is 27.0 Å². The quantitative estimate of drug-likeness (QED) is 0.656. The molecule has 0 saturated heterocycles. The van der Waals surface area contributed by atoms with E-state index in [1.165, 1.54) is 0 Å². The predicted molar refractivity (Wildman–Crippen MR) is 101 cm³/mol. The number of aromatic nitrogens is 2. The second-order valence-corrected chi connectivity index (χ2v) is 5.43. The second kappa shape index (κ2) is 7.60. The number of nitrogens with two attached hydrogens (primary N) is 1. The summed E-state index contributed by atoms with van der Waals surface area (Å²) < 4.78 is 16.2. The molecule has 3 aromatic rings. The zero-order valence-electron chi connectivity index (χ0n) is 14.8. The highest BCUT2D eigenvalue weighted by Gasteiger charge is 2.15. The van der Waals surface area contributed by atoms with Gasteiger partial charge in [-0.05, 0) is 42.5 Å². The van der Waals surface area contributed by atoms with Crippen molar-refractivity contribution in [2.45, 2.75) is 0 Å². The van der Waals surface area contributed by atoms with Crippen molar-refractivity contribution in [2.75, 3.05) is 32.4 Å². The molecule has 2 aromatic carbocycles. The fourth-order valence-electron chi connectivity index (χ4n) is 2.50. The van der Waals surface area contributed by atoms with Gasteiger partial charge in [-0.3, -0.25) is 0 Å². The molecule has 0 aliphatic rings. The summed E-state index contributed by atoms with van der Waals surface area (Å²) in [4.78, 5) is 8.82. The van der Waals surface area contributed by atoms with E-state index in [-0.39, 0.29) is 0 Å². The van der Waals surface area contributed by atoms with E-state index in [0.29, 0.717) is 28.9 Å². The number of nitrogens with zero attached hydrogens (tertiary/aromatic N) is 2. The lowest BCUT2D eigenvalue weighted by Crippen LogP contribution is -1.99. The van der Waals surface area contributed by atoms with Crippen molar-refractivity contribution in [3.63, 3.8) is 0 Å². The van der Waals surface area contributed by atoms with Crippen molar-refractivity contribution in [3.8, 4) is 28.5 Å². The van der Waals surface area contributed by atoms with E-state index in [4.69, 9.17) is 19.9 Å². The molecule has 0 aliphatic carbocycles. The average Bonchev–Trinajstić information content (AvgIpc) is 2.68. The highest BCUT2D eigenvalue weighted by atomic mass is 16.5. The third-order valence-corrected chi connectivity index (χ3v) is 3.78. The van der Waals surface area contributed by atoms with Crippen LogP contribution >= 0.6 is 0 Å². The minimum absolute atomic E-state index is 0.473. The van der Waals surface area contributed by atoms with Gasteiger partial charge in [0.2, 0.25) is 11.7 Å². The van der Waals surface area contributed by atoms with Gasteiger partial charge in [-0.15, -0.1) is 0 Å². The molecule has 0 unspecified atom stereocenters. The van der Waals surface area contributed by atoms with Crippen LogP contribution in [0.15, 0.2) is 48.7 Å². The summed E-state index contributed by atoms with van der Waals surface area (Å²) in [6.45, 7) is 0. The van der Waals surface area contributed by atoms with Crippen molar-refractivity contribution < 1.29 is 14.2 Å². The Balaban J connectivity index is 1.96. The molecule has 1 aromatic heterocycles. The molecule has 0 radical (unpaired) electrons. The number of hydrogen-bond acceptors (Lipinski definition) is 7. The molecule has 0 amide bonds. The number of methoxy groups -OCH3 is 3. The van der Waals surface area contributed by atoms with Crippen LogP contribution in [0.3, 0.4) is 0 Å². The maximum absolute atomic E-state index is 5.71. The van der Waals surface area contributed by atoms with Crippen molar-refractivity contribution in [1.29, 1.82) is 0 Å². The molecule has 0 spiro atoms. The van der Waals surface area contributed by atoms with Crippen molar-refractivity contribution >= 4 is 17.3 Å². The highest BCUT2D eigenvalue weighted by molar-refractivity contribution is 5.69. The Morgan fingerprint density at radius 1 is 0.885 bits per heavy atom. The molecular formula is C19H20N4O3. The van der Waals surface area contributed by atoms with Crippen LogP contribution in [0.1, 0.15) is 0 Å². The Labute approximate surface area is 151 Å². The van der Waals surface area contributed by atoms with Crippen LogP contribution in [-0.4, -0.2) is 31.3 Å². The summed E-state index contributed by atoms with van der Waals surface area (Å²) in [5.41, 5.74) is 8.79. The van der Waals surface area contributed by atoms with E-state index < -0.39 is 0 Å². The summed E-state index contributed by atoms with van der Waals surface area (Å²) in [6.07, 6.45) is 1.69. The Kier molecular flexibility index (Phi) is 5.07. The lowest BCUT2D eigenvalue weighted by atomic mass is 10.1. The first kappa shape index (κ1) is 17.3. The Hall–Kier alpha value is -3.48. The molecule has 26 heavy (non-hydrogen) atoms. The standard InChI is InChI=1S/C19H20N4O3/c1-24-16-10-12(11-17(25-2)18(16)26-3)15-8-9-21-19(23-15)22-14-6-4-13(20)5-7-14/h4-11H,20H2,1-3H3,(H,21,22,23). The molecule has 7 heteroatoms. The van der Waals surface area contributed by atoms with Gasteiger partial charge < -0.3 is 25.3 Å². The van der Waals surface area contributed by atoms with Crippen LogP contribution < -0.4 is 25.3 Å². The summed E-state index contributed by atoms with van der Waals surface area (Å²) in [6, 6.07) is 12.9. The number of benzene rings is 2. The average molecular weight is 352 g/mol. The second-order valence-electron chi connectivity index (χ2n) is 5.43. The lowest BCUT2D eigenvalue weighted by Gasteiger charge is -2.14. The molecule has 0 fully saturated rings. The smallest absolute Gasteiger partial charge is 0.227 e. The van der Waals surface area contributed by atoms with Crippen LogP contribution in [0.5, 0.6) is 17.2 Å². The molecule has 134 valence electrons. The van der Waals surface area contributed by atoms with E-state index in [1.807, 2.05) is 42.5 Å². The van der Waals surface area contributed by atoms with Crippen molar-refractivity contribution in [1.82, 2.24) is 9.97 Å². The van der Waals surface area contributed by atoms with Gasteiger partial charge in [0.15, 0.2) is 11.5 Å². The molecular weight excluding hydrogens is 332 g/mol. The molecule has 0 saturated carbocycles. The van der Waals surface area contributed by atoms with E-state index in [2.05, 4.69) is 15.3 Å². The van der Waals surface area contributed by atoms with E-state index in [0.717, 1.165) is 16.9 Å². The topological polar surface area (TPSA) is 91.5 Å². The maximum atomic E-state index is 5.71. The molecule has 0 aliphatic heterocycles. The summed E-state index contributed by atoms with van der Waals surface area (Å²) in [5, 5.41) is 3.16. The maximum Gasteiger partial charge on any atom is 0.227 e. The molecule has 1 heterocycles. The van der Waals surface area contributed by atoms with E-state index >= 15 is 0 Å². The number of rotatable bonds is 6. The fraction of sp³-hybridized carbons (Fsp3) is 0.158. The SMILES string of the molecule is COc1cc(-c2ccnc(Nc3ccc(N)cc3)n2)cc(OC)c1OC. The largest absolute Gasteiger partial charge is 0.493 e. The Bertz CT molecular complexity index is 873. The van der Waals surface area contributed by atoms with E-state index in [1.54, 1.807) is 27.5 Å². The first-order valence-corrected chi connectivity index (χ1v) is 7.90. The first-order chi connectivity index (χ1) is 12.6. The minimum atomic E-state index is 0.473. The Morgan fingerprint density at radius 3 is 2.12 bits per heavy atom. The lowest BCUT2D eigenvalue weighted by molar-refractivity contribution is 0.324. The fourth-order valence-corrected chi connectivity index (χ4v) is 2.50. The number of ether oxygens (including phenoxy) is 3. The van der Waals surface area contributed by atoms with Gasteiger partial charge in [0.1, 0.15) is 0 Å². The van der Waals surface area contributed by atoms with Crippen molar-refractivity contribution in [2.24, 2.45) is 0 Å². The monoisotopic (exact) mass is 352 g/mol. The van der Waals surface area contributed by atoms with Gasteiger partial charge >= 0.3 is 0 Å². The Morgan fingerprint density at radius 2 is 1.54 bits per heavy atom. The van der Waals surface area contributed by atoms with Crippen LogP contribution in [0.2, 0.25) is 0 Å². The molecule has 0 atom stereocenters. The number of nitrogens with one attached hydrogen (secondary N) is 1. The normalized spacial score (nSPS) is 10.3. The van der Waals surface area contributed by atoms with Crippen LogP contribution in [0.4, 0.5) is 17.3 Å². The number of hydrogen-bond donors (Lipinski definition) is 2. The molecule has 3 N–H and O–H groups in total.